The molecular formula is C18H27NO2. The summed E-state index contributed by atoms with van der Waals surface area (Å²) in [7, 11) is 0. The van der Waals surface area contributed by atoms with Gasteiger partial charge in [0.1, 0.15) is 6.61 Å². The van der Waals surface area contributed by atoms with Crippen LogP contribution in [0.15, 0.2) is 30.3 Å². The molecule has 3 nitrogen and oxygen atoms in total. The fourth-order valence-corrected chi connectivity index (χ4v) is 3.00. The van der Waals surface area contributed by atoms with Crippen LogP contribution < -0.4 is 5.32 Å². The largest absolute Gasteiger partial charge is 0.445 e. The van der Waals surface area contributed by atoms with Gasteiger partial charge in [-0.05, 0) is 17.9 Å². The van der Waals surface area contributed by atoms with E-state index in [2.05, 4.69) is 5.32 Å². The molecule has 0 saturated heterocycles. The molecule has 1 N–H and O–H groups in total. The third kappa shape index (κ3) is 6.65. The lowest BCUT2D eigenvalue weighted by molar-refractivity contribution is 0.139. The van der Waals surface area contributed by atoms with Crippen molar-refractivity contribution in [2.45, 2.75) is 58.0 Å². The van der Waals surface area contributed by atoms with E-state index in [0.717, 1.165) is 24.4 Å². The molecule has 1 aliphatic carbocycles. The fourth-order valence-electron chi connectivity index (χ4n) is 3.00. The van der Waals surface area contributed by atoms with Crippen LogP contribution in [0.4, 0.5) is 4.79 Å². The molecule has 2 rings (SSSR count). The summed E-state index contributed by atoms with van der Waals surface area (Å²) in [5.74, 6) is 0.934. The van der Waals surface area contributed by atoms with Gasteiger partial charge in [-0.25, -0.2) is 4.79 Å². The molecule has 1 fully saturated rings. The molecule has 1 aromatic rings. The predicted octanol–water partition coefficient (Wildman–Crippen LogP) is 4.66. The lowest BCUT2D eigenvalue weighted by Crippen LogP contribution is -2.25. The van der Waals surface area contributed by atoms with Crippen LogP contribution in [0.1, 0.15) is 56.9 Å². The van der Waals surface area contributed by atoms with Crippen molar-refractivity contribution < 1.29 is 9.53 Å². The Balaban J connectivity index is 1.47. The zero-order valence-electron chi connectivity index (χ0n) is 12.9. The summed E-state index contributed by atoms with van der Waals surface area (Å²) < 4.78 is 5.17. The SMILES string of the molecule is O=C(NCCCCC1CCCCC1)OCc1ccccc1. The zero-order valence-corrected chi connectivity index (χ0v) is 12.9. The Bertz CT molecular complexity index is 399. The number of hydrogen-bond acceptors (Lipinski definition) is 2. The Morgan fingerprint density at radius 3 is 2.62 bits per heavy atom. The van der Waals surface area contributed by atoms with E-state index in [4.69, 9.17) is 4.74 Å². The van der Waals surface area contributed by atoms with E-state index in [1.807, 2.05) is 30.3 Å². The monoisotopic (exact) mass is 289 g/mol. The molecule has 116 valence electrons. The number of alkyl carbamates (subject to hydrolysis) is 1. The van der Waals surface area contributed by atoms with Crippen molar-refractivity contribution in [3.8, 4) is 0 Å². The second-order valence-corrected chi connectivity index (χ2v) is 5.99. The Kier molecular flexibility index (Phi) is 7.13. The van der Waals surface area contributed by atoms with E-state index in [0.29, 0.717) is 6.61 Å². The third-order valence-electron chi connectivity index (χ3n) is 4.25. The van der Waals surface area contributed by atoms with Gasteiger partial charge in [0.25, 0.3) is 0 Å². The highest BCUT2D eigenvalue weighted by atomic mass is 16.5. The maximum Gasteiger partial charge on any atom is 0.407 e. The van der Waals surface area contributed by atoms with Gasteiger partial charge in [0.05, 0.1) is 0 Å². The van der Waals surface area contributed by atoms with Gasteiger partial charge in [0.2, 0.25) is 0 Å². The van der Waals surface area contributed by atoms with Gasteiger partial charge < -0.3 is 10.1 Å². The minimum atomic E-state index is -0.309. The predicted molar refractivity (Wildman–Crippen MR) is 85.1 cm³/mol. The first-order chi connectivity index (χ1) is 10.3. The summed E-state index contributed by atoms with van der Waals surface area (Å²) in [5, 5.41) is 2.83. The summed E-state index contributed by atoms with van der Waals surface area (Å²) >= 11 is 0. The summed E-state index contributed by atoms with van der Waals surface area (Å²) in [6.45, 7) is 1.06. The maximum absolute atomic E-state index is 11.5. The second kappa shape index (κ2) is 9.43. The lowest BCUT2D eigenvalue weighted by atomic mass is 9.86. The number of amides is 1. The summed E-state index contributed by atoms with van der Waals surface area (Å²) in [6.07, 6.45) is 10.3. The molecule has 0 aromatic heterocycles. The quantitative estimate of drug-likeness (QED) is 0.741. The summed E-state index contributed by atoms with van der Waals surface area (Å²) in [4.78, 5) is 11.5. The van der Waals surface area contributed by atoms with E-state index in [1.165, 1.54) is 44.9 Å². The number of rotatable bonds is 7. The first-order valence-electron chi connectivity index (χ1n) is 8.29. The van der Waals surface area contributed by atoms with Gasteiger partial charge in [0, 0.05) is 6.54 Å². The van der Waals surface area contributed by atoms with Crippen LogP contribution in [0.25, 0.3) is 0 Å². The van der Waals surface area contributed by atoms with Gasteiger partial charge in [-0.15, -0.1) is 0 Å². The molecule has 1 saturated carbocycles. The molecule has 0 bridgehead atoms. The topological polar surface area (TPSA) is 38.3 Å². The van der Waals surface area contributed by atoms with Crippen LogP contribution >= 0.6 is 0 Å². The Morgan fingerprint density at radius 2 is 1.86 bits per heavy atom. The minimum Gasteiger partial charge on any atom is -0.445 e. The summed E-state index contributed by atoms with van der Waals surface area (Å²) in [5.41, 5.74) is 1.02. The van der Waals surface area contributed by atoms with E-state index in [1.54, 1.807) is 0 Å². The molecule has 1 aromatic carbocycles. The van der Waals surface area contributed by atoms with Crippen LogP contribution in [-0.4, -0.2) is 12.6 Å². The van der Waals surface area contributed by atoms with Gasteiger partial charge in [0.15, 0.2) is 0 Å². The molecule has 0 spiro atoms. The second-order valence-electron chi connectivity index (χ2n) is 5.99. The molecular weight excluding hydrogens is 262 g/mol. The molecule has 0 atom stereocenters. The van der Waals surface area contributed by atoms with Gasteiger partial charge in [-0.2, -0.15) is 0 Å². The molecule has 0 unspecified atom stereocenters. The molecule has 1 amide bonds. The van der Waals surface area contributed by atoms with Crippen molar-refractivity contribution in [1.29, 1.82) is 0 Å². The Labute approximate surface area is 128 Å². The van der Waals surface area contributed by atoms with Crippen LogP contribution in [0, 0.1) is 5.92 Å². The van der Waals surface area contributed by atoms with Crippen molar-refractivity contribution in [3.63, 3.8) is 0 Å². The normalized spacial score (nSPS) is 15.6. The lowest BCUT2D eigenvalue weighted by Gasteiger charge is -2.21. The number of unbranched alkanes of at least 4 members (excludes halogenated alkanes) is 1. The third-order valence-corrected chi connectivity index (χ3v) is 4.25. The molecule has 0 radical (unpaired) electrons. The van der Waals surface area contributed by atoms with Crippen LogP contribution in [-0.2, 0) is 11.3 Å². The van der Waals surface area contributed by atoms with Gasteiger partial charge >= 0.3 is 6.09 Å². The fraction of sp³-hybridized carbons (Fsp3) is 0.611. The van der Waals surface area contributed by atoms with Crippen LogP contribution in [0.3, 0.4) is 0 Å². The van der Waals surface area contributed by atoms with Crippen molar-refractivity contribution in [1.82, 2.24) is 5.32 Å². The van der Waals surface area contributed by atoms with Gasteiger partial charge in [-0.1, -0.05) is 75.3 Å². The number of carbonyl (C=O) groups is 1. The number of carbonyl (C=O) groups excluding carboxylic acids is 1. The average molecular weight is 289 g/mol. The van der Waals surface area contributed by atoms with Gasteiger partial charge in [-0.3, -0.25) is 0 Å². The van der Waals surface area contributed by atoms with E-state index < -0.39 is 0 Å². The summed E-state index contributed by atoms with van der Waals surface area (Å²) in [6, 6.07) is 9.76. The first kappa shape index (κ1) is 15.9. The van der Waals surface area contributed by atoms with Crippen molar-refractivity contribution in [3.05, 3.63) is 35.9 Å². The highest BCUT2D eigenvalue weighted by Crippen LogP contribution is 2.27. The Morgan fingerprint density at radius 1 is 1.10 bits per heavy atom. The Hall–Kier alpha value is -1.51. The first-order valence-corrected chi connectivity index (χ1v) is 8.29. The number of ether oxygens (including phenoxy) is 1. The van der Waals surface area contributed by atoms with Crippen molar-refractivity contribution in [2.75, 3.05) is 6.54 Å². The number of hydrogen-bond donors (Lipinski definition) is 1. The smallest absolute Gasteiger partial charge is 0.407 e. The van der Waals surface area contributed by atoms with Crippen LogP contribution in [0.2, 0.25) is 0 Å². The highest BCUT2D eigenvalue weighted by Gasteiger charge is 2.12. The number of benzene rings is 1. The average Bonchev–Trinajstić information content (AvgIpc) is 2.54. The number of nitrogens with one attached hydrogen (secondary N) is 1. The maximum atomic E-state index is 11.5. The van der Waals surface area contributed by atoms with Crippen molar-refractivity contribution >= 4 is 6.09 Å². The molecule has 3 heteroatoms. The molecule has 21 heavy (non-hydrogen) atoms. The van der Waals surface area contributed by atoms with E-state index in [-0.39, 0.29) is 6.09 Å². The van der Waals surface area contributed by atoms with E-state index >= 15 is 0 Å². The zero-order chi connectivity index (χ0) is 14.8. The standard InChI is InChI=1S/C18H27NO2/c20-18(21-15-17-12-5-2-6-13-17)19-14-8-7-11-16-9-3-1-4-10-16/h2,5-6,12-13,16H,1,3-4,7-11,14-15H2,(H,19,20). The molecule has 0 aliphatic heterocycles. The van der Waals surface area contributed by atoms with Crippen molar-refractivity contribution in [2.24, 2.45) is 5.92 Å². The molecule has 1 aliphatic rings. The van der Waals surface area contributed by atoms with Crippen LogP contribution in [0.5, 0.6) is 0 Å². The minimum absolute atomic E-state index is 0.309. The highest BCUT2D eigenvalue weighted by molar-refractivity contribution is 5.67. The van der Waals surface area contributed by atoms with E-state index in [9.17, 15) is 4.79 Å². The molecule has 0 heterocycles.